The molecule has 0 aliphatic rings. The van der Waals surface area contributed by atoms with Gasteiger partial charge in [0.05, 0.1) is 18.9 Å². The number of aliphatic hydroxyl groups is 1. The van der Waals surface area contributed by atoms with Gasteiger partial charge in [0.1, 0.15) is 72.5 Å². The van der Waals surface area contributed by atoms with Crippen LogP contribution >= 0.6 is 11.8 Å². The van der Waals surface area contributed by atoms with Gasteiger partial charge < -0.3 is 129 Å². The molecule has 3 aromatic rings. The van der Waals surface area contributed by atoms with E-state index in [2.05, 4.69) is 79.4 Å². The molecule has 0 unspecified atom stereocenters. The number of carbonyl (C=O) groups is 18. The van der Waals surface area contributed by atoms with Gasteiger partial charge in [0, 0.05) is 62.8 Å². The zero-order valence-electron chi connectivity index (χ0n) is 68.0. The maximum atomic E-state index is 15.0. The van der Waals surface area contributed by atoms with Crippen LogP contribution in [-0.2, 0) is 99.1 Å². The summed E-state index contributed by atoms with van der Waals surface area (Å²) >= 11 is 1.26. The molecule has 0 spiro atoms. The minimum atomic E-state index is -2.09. The van der Waals surface area contributed by atoms with Crippen LogP contribution < -0.4 is 108 Å². The summed E-state index contributed by atoms with van der Waals surface area (Å²) in [5, 5.41) is 82.2. The number of primary amides is 3. The second kappa shape index (κ2) is 51.5. The molecule has 662 valence electrons. The lowest BCUT2D eigenvalue weighted by Crippen LogP contribution is -2.62. The normalized spacial score (nSPS) is 14.6. The topological polar surface area (TPSA) is 742 Å². The van der Waals surface area contributed by atoms with Gasteiger partial charge in [-0.3, -0.25) is 92.3 Å². The van der Waals surface area contributed by atoms with Crippen molar-refractivity contribution in [2.24, 2.45) is 40.5 Å². The smallest absolute Gasteiger partial charge is 0.328 e. The number of aromatic nitrogens is 1. The molecule has 0 bridgehead atoms. The van der Waals surface area contributed by atoms with Gasteiger partial charge in [-0.2, -0.15) is 11.8 Å². The van der Waals surface area contributed by atoms with Crippen molar-refractivity contribution >= 4 is 141 Å². The molecule has 0 radical (unpaired) electrons. The number of fused-ring (bicyclic) bond motifs is 1. The van der Waals surface area contributed by atoms with E-state index < -0.39 is 242 Å². The number of nitrogens with one attached hydrogen (secondary N) is 18. The molecule has 120 heavy (non-hydrogen) atoms. The van der Waals surface area contributed by atoms with Gasteiger partial charge in [0.2, 0.25) is 94.5 Å². The predicted molar refractivity (Wildman–Crippen MR) is 436 cm³/mol. The highest BCUT2D eigenvalue weighted by atomic mass is 32.2. The summed E-state index contributed by atoms with van der Waals surface area (Å²) in [5.74, 6) is -21.7. The molecular formula is C75H115N23O21S. The average molecular weight is 1710 g/mol. The van der Waals surface area contributed by atoms with Gasteiger partial charge in [-0.25, -0.2) is 4.79 Å². The zero-order valence-corrected chi connectivity index (χ0v) is 68.8. The van der Waals surface area contributed by atoms with Gasteiger partial charge in [0.15, 0.2) is 18.0 Å². The van der Waals surface area contributed by atoms with E-state index in [1.54, 1.807) is 80.9 Å². The number of carboxylic acids is 2. The van der Waals surface area contributed by atoms with Crippen LogP contribution in [0.3, 0.4) is 0 Å². The number of aliphatic hydroxyl groups excluding tert-OH is 1. The summed E-state index contributed by atoms with van der Waals surface area (Å²) in [6.45, 7) is 9.97. The SMILES string of the molecule is CSCC[C@H](NC(=O)[C@H](CC(C)C)NC(=O)[C@H](Cc1c[nH]c2ccccc12)NC(=O)[C@H](CCC(N)=O)NC(=O)[C@@H](NC(=O)[C@H](Cc1ccccc1)NC(=O)[C@H](CC(=O)O)NC(=O)[C@H](CCC(N)=O)NC(=O)[C@H](C)NC(=O)[C@H](CCCNC(=N)N)NC(=O)[C@H](CCCNC(=N)N)NC(C)=O)C(C)C)C(=O)N[C@@H](CC(N)=O)C(=O)N[C@H](C(=O)O)[C@@H](C)O. The highest BCUT2D eigenvalue weighted by molar-refractivity contribution is 7.98. The number of rotatable bonds is 55. The third kappa shape index (κ3) is 37.3. The van der Waals surface area contributed by atoms with Gasteiger partial charge >= 0.3 is 11.9 Å². The lowest BCUT2D eigenvalue weighted by atomic mass is 9.99. The molecule has 0 aliphatic carbocycles. The van der Waals surface area contributed by atoms with E-state index in [0.717, 1.165) is 13.8 Å². The minimum absolute atomic E-state index is 0.0125. The van der Waals surface area contributed by atoms with E-state index in [1.807, 2.05) is 5.32 Å². The Hall–Kier alpha value is -12.7. The van der Waals surface area contributed by atoms with Crippen LogP contribution in [0.2, 0.25) is 0 Å². The molecule has 45 heteroatoms. The Bertz CT molecular complexity index is 4110. The van der Waals surface area contributed by atoms with Gasteiger partial charge in [0.25, 0.3) is 0 Å². The molecule has 14 atom stereocenters. The van der Waals surface area contributed by atoms with E-state index in [-0.39, 0.29) is 82.1 Å². The van der Waals surface area contributed by atoms with Crippen molar-refractivity contribution in [3.05, 3.63) is 71.9 Å². The average Bonchev–Trinajstić information content (AvgIpc) is 1.59. The van der Waals surface area contributed by atoms with Crippen LogP contribution in [0.5, 0.6) is 0 Å². The molecule has 16 amide bonds. The van der Waals surface area contributed by atoms with Crippen LogP contribution in [0.4, 0.5) is 0 Å². The highest BCUT2D eigenvalue weighted by Crippen LogP contribution is 2.21. The Morgan fingerprint density at radius 2 is 0.833 bits per heavy atom. The van der Waals surface area contributed by atoms with E-state index >= 15 is 0 Å². The largest absolute Gasteiger partial charge is 0.481 e. The third-order valence-corrected chi connectivity index (χ3v) is 18.9. The van der Waals surface area contributed by atoms with Crippen molar-refractivity contribution < 1.29 is 102 Å². The fraction of sp³-hybridized carbons (Fsp3) is 0.547. The Morgan fingerprint density at radius 3 is 1.31 bits per heavy atom. The summed E-state index contributed by atoms with van der Waals surface area (Å²) in [4.78, 5) is 248. The van der Waals surface area contributed by atoms with Crippen LogP contribution in [0.25, 0.3) is 10.9 Å². The minimum Gasteiger partial charge on any atom is -0.481 e. The Labute approximate surface area is 695 Å². The standard InChI is InChI=1S/C75H115N23O21S/c1-36(2)30-50(67(112)90-49(26-29-120-8)66(111)95-53(33-57(78)103)71(116)98-60(39(6)99)73(118)119)92-68(113)52(32-42-35-85-44-19-13-12-18-43(42)44)94-65(110)48(23-25-56(77)102)91-72(117)59(37(3)4)97-70(115)51(31-41-16-10-9-11-17-41)93-69(114)54(34-58(104)105)96-64(109)47(22-24-55(76)101)88-61(106)38(5)86-62(107)46(21-15-28-84-75(81)82)89-63(108)45(87-40(7)100)20-14-27-83-74(79)80/h9-13,16-19,35-39,45-54,59-60,85,99H,14-15,20-34H2,1-8H3,(H2,76,101)(H2,77,102)(H2,78,103)(H,86,107)(H,87,100)(H,88,106)(H,89,108)(H,90,112)(H,91,117)(H,92,113)(H,93,114)(H,94,110)(H,95,111)(H,96,109)(H,97,115)(H,98,116)(H,104,105)(H,118,119)(H4,79,80,83)(H4,81,82,84)/t38-,39+,45-,46-,47-,48-,49-,50-,51-,52-,53-,54-,59-,60-/m0/s1. The van der Waals surface area contributed by atoms with Gasteiger partial charge in [-0.15, -0.1) is 0 Å². The Morgan fingerprint density at radius 1 is 0.433 bits per heavy atom. The quantitative estimate of drug-likeness (QED) is 0.0142. The first-order valence-corrected chi connectivity index (χ1v) is 39.9. The molecule has 0 aliphatic heterocycles. The van der Waals surface area contributed by atoms with E-state index in [9.17, 15) is 102 Å². The maximum Gasteiger partial charge on any atom is 0.328 e. The predicted octanol–water partition coefficient (Wildman–Crippen LogP) is -6.38. The lowest BCUT2D eigenvalue weighted by Gasteiger charge is -2.29. The monoisotopic (exact) mass is 1710 g/mol. The number of para-hydroxylation sites is 1. The number of aliphatic carboxylic acids is 2. The van der Waals surface area contributed by atoms with Crippen LogP contribution in [0.15, 0.2) is 60.8 Å². The molecule has 44 nitrogen and oxygen atoms in total. The summed E-state index contributed by atoms with van der Waals surface area (Å²) in [6.07, 6.45) is -3.40. The number of guanidine groups is 2. The van der Waals surface area contributed by atoms with E-state index in [1.165, 1.54) is 32.5 Å². The lowest BCUT2D eigenvalue weighted by molar-refractivity contribution is -0.145. The van der Waals surface area contributed by atoms with Gasteiger partial charge in [-0.05, 0) is 106 Å². The Balaban J connectivity index is 2.03. The fourth-order valence-corrected chi connectivity index (χ4v) is 12.5. The molecule has 31 N–H and O–H groups in total. The number of hydrogen-bond donors (Lipinski definition) is 26. The first kappa shape index (κ1) is 101. The zero-order chi connectivity index (χ0) is 90.2. The summed E-state index contributed by atoms with van der Waals surface area (Å²) in [6, 6.07) is -6.75. The molecule has 3 rings (SSSR count). The number of carbonyl (C=O) groups excluding carboxylic acids is 16. The number of benzene rings is 2. The van der Waals surface area contributed by atoms with Crippen LogP contribution in [0, 0.1) is 22.7 Å². The third-order valence-electron chi connectivity index (χ3n) is 18.2. The van der Waals surface area contributed by atoms with Crippen molar-refractivity contribution in [3.63, 3.8) is 0 Å². The summed E-state index contributed by atoms with van der Waals surface area (Å²) in [5.41, 5.74) is 28.6. The first-order chi connectivity index (χ1) is 56.4. The van der Waals surface area contributed by atoms with Crippen LogP contribution in [-0.4, -0.2) is 248 Å². The molecule has 0 saturated heterocycles. The fourth-order valence-electron chi connectivity index (χ4n) is 12.0. The van der Waals surface area contributed by atoms with E-state index in [4.69, 9.17) is 39.5 Å². The molecule has 2 aromatic carbocycles. The summed E-state index contributed by atoms with van der Waals surface area (Å²) in [7, 11) is 0. The van der Waals surface area contributed by atoms with Crippen molar-refractivity contribution in [1.82, 2.24) is 84.7 Å². The number of H-pyrrole nitrogens is 1. The first-order valence-electron chi connectivity index (χ1n) is 38.5. The molecule has 1 heterocycles. The molecule has 0 fully saturated rings. The van der Waals surface area contributed by atoms with Crippen LogP contribution in [0.1, 0.15) is 137 Å². The van der Waals surface area contributed by atoms with Gasteiger partial charge in [-0.1, -0.05) is 76.2 Å². The van der Waals surface area contributed by atoms with E-state index in [0.29, 0.717) is 22.0 Å². The molecule has 0 saturated carbocycles. The van der Waals surface area contributed by atoms with Crippen molar-refractivity contribution in [3.8, 4) is 0 Å². The number of hydrogen-bond acceptors (Lipinski definition) is 22. The van der Waals surface area contributed by atoms with Crippen molar-refractivity contribution in [1.29, 1.82) is 10.8 Å². The Kier molecular flexibility index (Phi) is 43.5. The number of nitrogens with two attached hydrogens (primary N) is 5. The maximum absolute atomic E-state index is 15.0. The second-order valence-electron chi connectivity index (χ2n) is 29.2. The highest BCUT2D eigenvalue weighted by Gasteiger charge is 2.40. The number of thioether (sulfide) groups is 1. The van der Waals surface area contributed by atoms with Crippen molar-refractivity contribution in [2.45, 2.75) is 223 Å². The number of amides is 16. The van der Waals surface area contributed by atoms with Crippen molar-refractivity contribution in [2.75, 3.05) is 25.1 Å². The summed E-state index contributed by atoms with van der Waals surface area (Å²) < 4.78 is 0. The molecular weight excluding hydrogens is 1590 g/mol. The number of aromatic amines is 1. The second-order valence-corrected chi connectivity index (χ2v) is 30.2. The molecule has 1 aromatic heterocycles. The number of carboxylic acid groups (broad SMARTS) is 2.